The van der Waals surface area contributed by atoms with Crippen LogP contribution in [0.1, 0.15) is 24.8 Å². The van der Waals surface area contributed by atoms with E-state index in [-0.39, 0.29) is 6.10 Å². The first kappa shape index (κ1) is 11.5. The number of hydrogen-bond acceptors (Lipinski definition) is 2. The summed E-state index contributed by atoms with van der Waals surface area (Å²) in [6.07, 6.45) is 4.43. The summed E-state index contributed by atoms with van der Waals surface area (Å²) in [5, 5.41) is 0.736. The van der Waals surface area contributed by atoms with Crippen molar-refractivity contribution in [1.82, 2.24) is 0 Å². The first-order valence-corrected chi connectivity index (χ1v) is 6.01. The molecule has 86 valence electrons. The maximum atomic E-state index is 10.5. The fourth-order valence-electron chi connectivity index (χ4n) is 2.06. The number of rotatable bonds is 5. The molecule has 1 aromatic rings. The summed E-state index contributed by atoms with van der Waals surface area (Å²) in [7, 11) is 0. The Balaban J connectivity index is 1.98. The highest BCUT2D eigenvalue weighted by molar-refractivity contribution is 6.30. The van der Waals surface area contributed by atoms with Gasteiger partial charge in [0.1, 0.15) is 6.10 Å². The maximum Gasteiger partial charge on any atom is 0.293 e. The van der Waals surface area contributed by atoms with Crippen molar-refractivity contribution in [2.75, 3.05) is 0 Å². The number of ether oxygens (including phenoxy) is 1. The molecule has 0 aromatic heterocycles. The third kappa shape index (κ3) is 2.76. The van der Waals surface area contributed by atoms with Gasteiger partial charge in [-0.15, -0.1) is 0 Å². The lowest BCUT2D eigenvalue weighted by molar-refractivity contribution is -0.137. The fraction of sp³-hybridized carbons (Fsp3) is 0.462. The largest absolute Gasteiger partial charge is 0.464 e. The predicted octanol–water partition coefficient (Wildman–Crippen LogP) is 3.22. The summed E-state index contributed by atoms with van der Waals surface area (Å²) in [6.45, 7) is 0.568. The molecule has 0 N–H and O–H groups in total. The number of hydrogen-bond donors (Lipinski definition) is 0. The second-order valence-corrected chi connectivity index (χ2v) is 4.73. The Morgan fingerprint density at radius 3 is 2.56 bits per heavy atom. The van der Waals surface area contributed by atoms with Gasteiger partial charge in [-0.05, 0) is 36.5 Å². The van der Waals surface area contributed by atoms with E-state index in [1.54, 1.807) is 0 Å². The Labute approximate surface area is 101 Å². The summed E-state index contributed by atoms with van der Waals surface area (Å²) in [6, 6.07) is 7.72. The number of carbonyl (C=O) groups excluding carboxylic acids is 1. The number of halogens is 1. The Bertz CT molecular complexity index is 343. The van der Waals surface area contributed by atoms with Crippen LogP contribution in [0.2, 0.25) is 5.02 Å². The van der Waals surface area contributed by atoms with Crippen LogP contribution in [0.25, 0.3) is 0 Å². The molecule has 0 saturated heterocycles. The standard InChI is InChI=1S/C13H15ClO2/c14-12-6-4-10(5-7-12)8-13(16-9-15)11-2-1-3-11/h4-7,9,11,13H,1-3,8H2. The maximum absolute atomic E-state index is 10.5. The quantitative estimate of drug-likeness (QED) is 0.737. The molecule has 1 aliphatic carbocycles. The van der Waals surface area contributed by atoms with E-state index in [0.29, 0.717) is 12.4 Å². The van der Waals surface area contributed by atoms with Gasteiger partial charge >= 0.3 is 0 Å². The molecule has 16 heavy (non-hydrogen) atoms. The average Bonchev–Trinajstić information content (AvgIpc) is 2.19. The molecule has 1 fully saturated rings. The number of benzene rings is 1. The molecule has 0 aliphatic heterocycles. The molecular weight excluding hydrogens is 224 g/mol. The molecule has 0 radical (unpaired) electrons. The second-order valence-electron chi connectivity index (χ2n) is 4.29. The van der Waals surface area contributed by atoms with E-state index in [2.05, 4.69) is 0 Å². The van der Waals surface area contributed by atoms with E-state index in [1.807, 2.05) is 24.3 Å². The molecule has 1 unspecified atom stereocenters. The molecule has 1 aromatic carbocycles. The van der Waals surface area contributed by atoms with Crippen LogP contribution >= 0.6 is 11.6 Å². The molecular formula is C13H15ClO2. The van der Waals surface area contributed by atoms with Gasteiger partial charge in [-0.1, -0.05) is 30.2 Å². The van der Waals surface area contributed by atoms with Crippen molar-refractivity contribution in [2.24, 2.45) is 5.92 Å². The first-order chi connectivity index (χ1) is 7.79. The van der Waals surface area contributed by atoms with Gasteiger partial charge < -0.3 is 4.74 Å². The van der Waals surface area contributed by atoms with E-state index in [1.165, 1.54) is 24.8 Å². The van der Waals surface area contributed by atoms with E-state index < -0.39 is 0 Å². The molecule has 0 spiro atoms. The number of carbonyl (C=O) groups is 1. The highest BCUT2D eigenvalue weighted by Gasteiger charge is 2.28. The smallest absolute Gasteiger partial charge is 0.293 e. The Hall–Kier alpha value is -1.02. The molecule has 0 heterocycles. The Morgan fingerprint density at radius 2 is 2.06 bits per heavy atom. The highest BCUT2D eigenvalue weighted by atomic mass is 35.5. The van der Waals surface area contributed by atoms with Gasteiger partial charge in [-0.2, -0.15) is 0 Å². The molecule has 2 nitrogen and oxygen atoms in total. The lowest BCUT2D eigenvalue weighted by Gasteiger charge is -2.32. The molecule has 0 amide bonds. The lowest BCUT2D eigenvalue weighted by atomic mass is 9.79. The normalized spacial score (nSPS) is 17.6. The van der Waals surface area contributed by atoms with Gasteiger partial charge in [0.2, 0.25) is 0 Å². The molecule has 2 rings (SSSR count). The minimum Gasteiger partial charge on any atom is -0.464 e. The summed E-state index contributed by atoms with van der Waals surface area (Å²) in [5.41, 5.74) is 1.17. The molecule has 0 bridgehead atoms. The molecule has 1 atom stereocenters. The van der Waals surface area contributed by atoms with Gasteiger partial charge in [0.25, 0.3) is 6.47 Å². The molecule has 1 saturated carbocycles. The van der Waals surface area contributed by atoms with Crippen molar-refractivity contribution in [2.45, 2.75) is 31.8 Å². The van der Waals surface area contributed by atoms with Crippen LogP contribution in [0.4, 0.5) is 0 Å². The zero-order valence-electron chi connectivity index (χ0n) is 9.06. The van der Waals surface area contributed by atoms with Crippen molar-refractivity contribution in [1.29, 1.82) is 0 Å². The summed E-state index contributed by atoms with van der Waals surface area (Å²) in [4.78, 5) is 10.5. The third-order valence-electron chi connectivity index (χ3n) is 3.26. The van der Waals surface area contributed by atoms with E-state index in [9.17, 15) is 4.79 Å². The summed E-state index contributed by atoms with van der Waals surface area (Å²) in [5.74, 6) is 0.542. The van der Waals surface area contributed by atoms with Crippen molar-refractivity contribution < 1.29 is 9.53 Å². The zero-order chi connectivity index (χ0) is 11.4. The summed E-state index contributed by atoms with van der Waals surface area (Å²) >= 11 is 5.82. The van der Waals surface area contributed by atoms with Crippen LogP contribution in [0.5, 0.6) is 0 Å². The van der Waals surface area contributed by atoms with Gasteiger partial charge in [0.15, 0.2) is 0 Å². The van der Waals surface area contributed by atoms with Crippen LogP contribution in [0.15, 0.2) is 24.3 Å². The first-order valence-electron chi connectivity index (χ1n) is 5.63. The van der Waals surface area contributed by atoms with E-state index in [0.717, 1.165) is 11.4 Å². The fourth-order valence-corrected chi connectivity index (χ4v) is 2.19. The summed E-state index contributed by atoms with van der Waals surface area (Å²) < 4.78 is 5.17. The monoisotopic (exact) mass is 238 g/mol. The van der Waals surface area contributed by atoms with Crippen molar-refractivity contribution in [3.05, 3.63) is 34.9 Å². The van der Waals surface area contributed by atoms with Gasteiger partial charge in [0, 0.05) is 11.4 Å². The van der Waals surface area contributed by atoms with Crippen LogP contribution in [-0.4, -0.2) is 12.6 Å². The van der Waals surface area contributed by atoms with Crippen molar-refractivity contribution >= 4 is 18.1 Å². The van der Waals surface area contributed by atoms with Crippen LogP contribution in [-0.2, 0) is 16.0 Å². The van der Waals surface area contributed by atoms with Gasteiger partial charge in [0.05, 0.1) is 0 Å². The molecule has 3 heteroatoms. The minimum atomic E-state index is 0.0347. The third-order valence-corrected chi connectivity index (χ3v) is 3.51. The van der Waals surface area contributed by atoms with Crippen molar-refractivity contribution in [3.63, 3.8) is 0 Å². The van der Waals surface area contributed by atoms with Crippen LogP contribution in [0.3, 0.4) is 0 Å². The topological polar surface area (TPSA) is 26.3 Å². The second kappa shape index (κ2) is 5.35. The van der Waals surface area contributed by atoms with Gasteiger partial charge in [-0.25, -0.2) is 0 Å². The van der Waals surface area contributed by atoms with Gasteiger partial charge in [-0.3, -0.25) is 4.79 Å². The lowest BCUT2D eigenvalue weighted by Crippen LogP contribution is -2.31. The SMILES string of the molecule is O=COC(Cc1ccc(Cl)cc1)C1CCC1. The van der Waals surface area contributed by atoms with E-state index in [4.69, 9.17) is 16.3 Å². The Morgan fingerprint density at radius 1 is 1.38 bits per heavy atom. The van der Waals surface area contributed by atoms with Crippen LogP contribution < -0.4 is 0 Å². The average molecular weight is 239 g/mol. The molecule has 1 aliphatic rings. The highest BCUT2D eigenvalue weighted by Crippen LogP contribution is 2.32. The predicted molar refractivity (Wildman–Crippen MR) is 63.4 cm³/mol. The van der Waals surface area contributed by atoms with E-state index >= 15 is 0 Å². The zero-order valence-corrected chi connectivity index (χ0v) is 9.82. The van der Waals surface area contributed by atoms with Crippen molar-refractivity contribution in [3.8, 4) is 0 Å². The Kier molecular flexibility index (Phi) is 3.83. The van der Waals surface area contributed by atoms with Crippen LogP contribution in [0, 0.1) is 5.92 Å². The minimum absolute atomic E-state index is 0.0347.